The number of furan rings is 1. The first-order valence-corrected chi connectivity index (χ1v) is 13.7. The maximum atomic E-state index is 13.7. The molecule has 12 heteroatoms. The zero-order valence-corrected chi connectivity index (χ0v) is 23.9. The molecule has 3 heterocycles. The van der Waals surface area contributed by atoms with Crippen LogP contribution in [0.4, 0.5) is 5.69 Å². The van der Waals surface area contributed by atoms with E-state index in [0.29, 0.717) is 26.5 Å². The van der Waals surface area contributed by atoms with E-state index >= 15 is 0 Å². The monoisotopic (exact) mass is 623 g/mol. The van der Waals surface area contributed by atoms with E-state index < -0.39 is 16.9 Å². The number of nitro groups is 1. The minimum Gasteiger partial charge on any atom is -0.497 e. The smallest absolute Gasteiger partial charge is 0.338 e. The van der Waals surface area contributed by atoms with Crippen LogP contribution < -0.4 is 19.6 Å². The van der Waals surface area contributed by atoms with Crippen LogP contribution in [0.15, 0.2) is 84.5 Å². The summed E-state index contributed by atoms with van der Waals surface area (Å²) < 4.78 is 19.0. The first-order valence-electron chi connectivity index (χ1n) is 12.1. The highest BCUT2D eigenvalue weighted by Gasteiger charge is 2.33. The number of halogens is 1. The number of nitrogens with zero attached hydrogens (tertiary/aromatic N) is 3. The summed E-state index contributed by atoms with van der Waals surface area (Å²) in [5, 5.41) is 11.6. The van der Waals surface area contributed by atoms with Gasteiger partial charge in [0, 0.05) is 10.5 Å². The molecule has 0 aliphatic carbocycles. The molecule has 204 valence electrons. The third-order valence-corrected chi connectivity index (χ3v) is 7.78. The van der Waals surface area contributed by atoms with E-state index in [4.69, 9.17) is 13.9 Å². The Morgan fingerprint density at radius 3 is 2.65 bits per heavy atom. The second-order valence-electron chi connectivity index (χ2n) is 8.70. The van der Waals surface area contributed by atoms with Gasteiger partial charge >= 0.3 is 5.97 Å². The van der Waals surface area contributed by atoms with Crippen molar-refractivity contribution in [3.63, 3.8) is 0 Å². The summed E-state index contributed by atoms with van der Waals surface area (Å²) in [6.45, 7) is 3.62. The molecule has 0 saturated heterocycles. The Balaban J connectivity index is 1.62. The van der Waals surface area contributed by atoms with Gasteiger partial charge in [-0.05, 0) is 55.8 Å². The van der Waals surface area contributed by atoms with E-state index in [1.165, 1.54) is 17.7 Å². The molecule has 2 aromatic carbocycles. The van der Waals surface area contributed by atoms with Gasteiger partial charge in [-0.3, -0.25) is 19.5 Å². The summed E-state index contributed by atoms with van der Waals surface area (Å²) in [7, 11) is 1.43. The molecule has 5 rings (SSSR count). The van der Waals surface area contributed by atoms with E-state index in [1.807, 2.05) is 24.3 Å². The Bertz CT molecular complexity index is 1850. The maximum Gasteiger partial charge on any atom is 0.338 e. The molecular weight excluding hydrogens is 602 g/mol. The van der Waals surface area contributed by atoms with Gasteiger partial charge in [-0.1, -0.05) is 39.4 Å². The predicted molar refractivity (Wildman–Crippen MR) is 152 cm³/mol. The molecular formula is C28H22BrN3O7S. The van der Waals surface area contributed by atoms with Crippen LogP contribution in [0.3, 0.4) is 0 Å². The van der Waals surface area contributed by atoms with Crippen molar-refractivity contribution < 1.29 is 23.6 Å². The highest BCUT2D eigenvalue weighted by atomic mass is 79.9. The Kier molecular flexibility index (Phi) is 7.55. The number of allylic oxidation sites excluding steroid dienone is 1. The number of carbonyl (C=O) groups excluding carboxylic acids is 1. The number of ether oxygens (including phenoxy) is 2. The molecule has 1 atom stereocenters. The fourth-order valence-corrected chi connectivity index (χ4v) is 5.75. The first kappa shape index (κ1) is 27.3. The third kappa shape index (κ3) is 5.03. The van der Waals surface area contributed by atoms with Crippen molar-refractivity contribution in [3.05, 3.63) is 111 Å². The summed E-state index contributed by atoms with van der Waals surface area (Å²) in [6.07, 6.45) is 1.56. The molecule has 1 aliphatic rings. The van der Waals surface area contributed by atoms with Crippen LogP contribution in [0.25, 0.3) is 17.4 Å². The summed E-state index contributed by atoms with van der Waals surface area (Å²) in [5.74, 6) is 0.400. The standard InChI is InChI=1S/C28H22BrN3O7S/c1-4-38-27(34)24-15(2)30-28-31(25(24)16-5-7-17(29)8-6-16)26(33)23(40-28)14-19-10-12-22(39-19)20-11-9-18(37-3)13-21(20)32(35)36/h5-14,25H,4H2,1-3H3/b23-14-/t25-/m0/s1. The van der Waals surface area contributed by atoms with E-state index in [-0.39, 0.29) is 34.8 Å². The minimum atomic E-state index is -0.736. The minimum absolute atomic E-state index is 0.170. The largest absolute Gasteiger partial charge is 0.497 e. The lowest BCUT2D eigenvalue weighted by atomic mass is 9.96. The average molecular weight is 624 g/mol. The molecule has 40 heavy (non-hydrogen) atoms. The van der Waals surface area contributed by atoms with Gasteiger partial charge in [-0.2, -0.15) is 0 Å². The number of esters is 1. The van der Waals surface area contributed by atoms with Crippen LogP contribution in [0, 0.1) is 10.1 Å². The molecule has 0 unspecified atom stereocenters. The van der Waals surface area contributed by atoms with Crippen LogP contribution in [-0.2, 0) is 9.53 Å². The molecule has 0 N–H and O–H groups in total. The molecule has 0 bridgehead atoms. The first-order chi connectivity index (χ1) is 19.2. The van der Waals surface area contributed by atoms with E-state index in [1.54, 1.807) is 44.2 Å². The van der Waals surface area contributed by atoms with Crippen LogP contribution in [0.5, 0.6) is 5.75 Å². The third-order valence-electron chi connectivity index (χ3n) is 6.27. The van der Waals surface area contributed by atoms with Gasteiger partial charge in [0.1, 0.15) is 17.3 Å². The van der Waals surface area contributed by atoms with Crippen LogP contribution >= 0.6 is 27.3 Å². The lowest BCUT2D eigenvalue weighted by Crippen LogP contribution is -2.39. The summed E-state index contributed by atoms with van der Waals surface area (Å²) >= 11 is 4.58. The zero-order valence-electron chi connectivity index (χ0n) is 21.5. The van der Waals surface area contributed by atoms with Crippen molar-refractivity contribution in [1.82, 2.24) is 4.57 Å². The number of rotatable bonds is 7. The van der Waals surface area contributed by atoms with Gasteiger partial charge in [-0.15, -0.1) is 0 Å². The SMILES string of the molecule is CCOC(=O)C1=C(C)N=c2s/c(=C\c3ccc(-c4ccc(OC)cc4[N+](=O)[O-])o3)c(=O)n2[C@H]1c1ccc(Br)cc1. The van der Waals surface area contributed by atoms with Crippen molar-refractivity contribution in [3.8, 4) is 17.1 Å². The molecule has 0 amide bonds. The number of thiazole rings is 1. The van der Waals surface area contributed by atoms with Gasteiger partial charge in [0.2, 0.25) is 0 Å². The summed E-state index contributed by atoms with van der Waals surface area (Å²) in [4.78, 5) is 42.8. The van der Waals surface area contributed by atoms with Crippen LogP contribution in [0.2, 0.25) is 0 Å². The van der Waals surface area contributed by atoms with E-state index in [9.17, 15) is 19.7 Å². The van der Waals surface area contributed by atoms with Gasteiger partial charge in [0.25, 0.3) is 11.2 Å². The van der Waals surface area contributed by atoms with E-state index in [0.717, 1.165) is 21.4 Å². The van der Waals surface area contributed by atoms with Gasteiger partial charge in [0.15, 0.2) is 4.80 Å². The Morgan fingerprint density at radius 1 is 1.23 bits per heavy atom. The second-order valence-corrected chi connectivity index (χ2v) is 10.6. The fourth-order valence-electron chi connectivity index (χ4n) is 4.45. The Hall–Kier alpha value is -4.29. The Labute approximate surface area is 239 Å². The van der Waals surface area contributed by atoms with Gasteiger partial charge < -0.3 is 13.9 Å². The number of fused-ring (bicyclic) bond motifs is 1. The second kappa shape index (κ2) is 11.1. The normalized spacial score (nSPS) is 15.0. The zero-order chi connectivity index (χ0) is 28.6. The molecule has 10 nitrogen and oxygen atoms in total. The van der Waals surface area contributed by atoms with E-state index in [2.05, 4.69) is 20.9 Å². The summed E-state index contributed by atoms with van der Waals surface area (Å²) in [6, 6.07) is 14.3. The number of benzene rings is 2. The number of nitro benzene ring substituents is 1. The molecule has 0 saturated carbocycles. The summed E-state index contributed by atoms with van der Waals surface area (Å²) in [5.41, 5.74) is 1.22. The van der Waals surface area contributed by atoms with Gasteiger partial charge in [0.05, 0.1) is 52.1 Å². The van der Waals surface area contributed by atoms with Crippen LogP contribution in [0.1, 0.15) is 31.2 Å². The van der Waals surface area contributed by atoms with Gasteiger partial charge in [-0.25, -0.2) is 9.79 Å². The van der Waals surface area contributed by atoms with Crippen LogP contribution in [-0.4, -0.2) is 29.2 Å². The maximum absolute atomic E-state index is 13.7. The number of methoxy groups -OCH3 is 1. The topological polar surface area (TPSA) is 126 Å². The quantitative estimate of drug-likeness (QED) is 0.165. The van der Waals surface area contributed by atoms with Crippen molar-refractivity contribution in [1.29, 1.82) is 0 Å². The van der Waals surface area contributed by atoms with Crippen molar-refractivity contribution >= 4 is 45.0 Å². The lowest BCUT2D eigenvalue weighted by Gasteiger charge is -2.24. The number of carbonyl (C=O) groups is 1. The predicted octanol–water partition coefficient (Wildman–Crippen LogP) is 4.74. The van der Waals surface area contributed by atoms with Crippen molar-refractivity contribution in [2.24, 2.45) is 4.99 Å². The number of hydrogen-bond acceptors (Lipinski definition) is 9. The molecule has 0 radical (unpaired) electrons. The Morgan fingerprint density at radius 2 is 1.98 bits per heavy atom. The van der Waals surface area contributed by atoms with Crippen molar-refractivity contribution in [2.45, 2.75) is 19.9 Å². The number of aromatic nitrogens is 1. The number of hydrogen-bond donors (Lipinski definition) is 0. The highest BCUT2D eigenvalue weighted by Crippen LogP contribution is 2.34. The molecule has 4 aromatic rings. The molecule has 2 aromatic heterocycles. The lowest BCUT2D eigenvalue weighted by molar-refractivity contribution is -0.384. The van der Waals surface area contributed by atoms with Crippen molar-refractivity contribution in [2.75, 3.05) is 13.7 Å². The molecule has 1 aliphatic heterocycles. The average Bonchev–Trinajstić information content (AvgIpc) is 3.52. The fraction of sp³-hybridized carbons (Fsp3) is 0.179. The molecule has 0 spiro atoms. The molecule has 0 fully saturated rings. The highest BCUT2D eigenvalue weighted by molar-refractivity contribution is 9.10.